The first-order valence-corrected chi connectivity index (χ1v) is 7.59. The van der Waals surface area contributed by atoms with Crippen molar-refractivity contribution >= 4 is 29.1 Å². The summed E-state index contributed by atoms with van der Waals surface area (Å²) in [7, 11) is 0. The molecular weight excluding hydrogens is 310 g/mol. The second-order valence-electron chi connectivity index (χ2n) is 5.02. The first kappa shape index (κ1) is 15.2. The van der Waals surface area contributed by atoms with E-state index in [1.54, 1.807) is 6.20 Å². The van der Waals surface area contributed by atoms with E-state index in [-0.39, 0.29) is 0 Å². The standard InChI is InChI=1S/C17H16ClN5/c1-12-10-16(22-14-7-5-13(18)6-8-14)23-17(21-12)20-11-15-4-2-3-9-19-15/h2-10H,11H2,1H3,(H2,20,21,22,23). The molecule has 0 aliphatic heterocycles. The Hall–Kier alpha value is -2.66. The second-order valence-corrected chi connectivity index (χ2v) is 5.46. The van der Waals surface area contributed by atoms with Crippen LogP contribution in [0.25, 0.3) is 0 Å². The van der Waals surface area contributed by atoms with E-state index in [1.807, 2.05) is 55.5 Å². The summed E-state index contributed by atoms with van der Waals surface area (Å²) in [6.07, 6.45) is 1.77. The highest BCUT2D eigenvalue weighted by Crippen LogP contribution is 2.19. The third kappa shape index (κ3) is 4.40. The second kappa shape index (κ2) is 7.07. The minimum Gasteiger partial charge on any atom is -0.349 e. The van der Waals surface area contributed by atoms with Crippen molar-refractivity contribution < 1.29 is 0 Å². The molecule has 1 aromatic carbocycles. The highest BCUT2D eigenvalue weighted by atomic mass is 35.5. The minimum absolute atomic E-state index is 0.562. The Balaban J connectivity index is 1.72. The maximum Gasteiger partial charge on any atom is 0.225 e. The molecule has 2 aromatic heterocycles. The van der Waals surface area contributed by atoms with Crippen LogP contribution >= 0.6 is 11.6 Å². The molecule has 116 valence electrons. The number of halogens is 1. The number of aromatic nitrogens is 3. The summed E-state index contributed by atoms with van der Waals surface area (Å²) in [5, 5.41) is 7.14. The van der Waals surface area contributed by atoms with Crippen LogP contribution in [0.5, 0.6) is 0 Å². The SMILES string of the molecule is Cc1cc(Nc2ccc(Cl)cc2)nc(NCc2ccccn2)n1. The molecule has 0 spiro atoms. The quantitative estimate of drug-likeness (QED) is 0.736. The lowest BCUT2D eigenvalue weighted by atomic mass is 10.3. The maximum absolute atomic E-state index is 5.90. The summed E-state index contributed by atoms with van der Waals surface area (Å²) >= 11 is 5.90. The molecule has 6 heteroatoms. The fraction of sp³-hybridized carbons (Fsp3) is 0.118. The van der Waals surface area contributed by atoms with Gasteiger partial charge in [0.1, 0.15) is 5.82 Å². The van der Waals surface area contributed by atoms with Gasteiger partial charge in [0.2, 0.25) is 5.95 Å². The number of hydrogen-bond donors (Lipinski definition) is 2. The van der Waals surface area contributed by atoms with E-state index in [0.717, 1.165) is 22.9 Å². The number of nitrogens with zero attached hydrogens (tertiary/aromatic N) is 3. The van der Waals surface area contributed by atoms with Crippen LogP contribution in [-0.4, -0.2) is 15.0 Å². The number of aryl methyl sites for hydroxylation is 1. The lowest BCUT2D eigenvalue weighted by Gasteiger charge is -2.10. The summed E-state index contributed by atoms with van der Waals surface area (Å²) < 4.78 is 0. The van der Waals surface area contributed by atoms with Gasteiger partial charge in [-0.1, -0.05) is 17.7 Å². The van der Waals surface area contributed by atoms with Gasteiger partial charge in [0.25, 0.3) is 0 Å². The third-order valence-electron chi connectivity index (χ3n) is 3.12. The molecule has 3 aromatic rings. The van der Waals surface area contributed by atoms with Crippen LogP contribution in [0.1, 0.15) is 11.4 Å². The van der Waals surface area contributed by atoms with Crippen LogP contribution in [0.2, 0.25) is 5.02 Å². The van der Waals surface area contributed by atoms with Crippen LogP contribution in [0, 0.1) is 6.92 Å². The lowest BCUT2D eigenvalue weighted by Crippen LogP contribution is -2.07. The fourth-order valence-electron chi connectivity index (χ4n) is 2.07. The minimum atomic E-state index is 0.562. The molecule has 2 heterocycles. The van der Waals surface area contributed by atoms with Gasteiger partial charge in [0.05, 0.1) is 12.2 Å². The van der Waals surface area contributed by atoms with Crippen molar-refractivity contribution in [1.82, 2.24) is 15.0 Å². The van der Waals surface area contributed by atoms with Crippen LogP contribution < -0.4 is 10.6 Å². The lowest BCUT2D eigenvalue weighted by molar-refractivity contribution is 0.991. The average Bonchev–Trinajstić information content (AvgIpc) is 2.56. The molecule has 0 radical (unpaired) electrons. The first-order valence-electron chi connectivity index (χ1n) is 7.21. The zero-order valence-corrected chi connectivity index (χ0v) is 13.4. The Morgan fingerprint density at radius 3 is 2.61 bits per heavy atom. The summed E-state index contributed by atoms with van der Waals surface area (Å²) in [4.78, 5) is 13.1. The highest BCUT2D eigenvalue weighted by Gasteiger charge is 2.03. The van der Waals surface area contributed by atoms with Gasteiger partial charge in [-0.05, 0) is 43.3 Å². The van der Waals surface area contributed by atoms with Gasteiger partial charge in [-0.15, -0.1) is 0 Å². The molecule has 0 amide bonds. The first-order chi connectivity index (χ1) is 11.2. The smallest absolute Gasteiger partial charge is 0.225 e. The summed E-state index contributed by atoms with van der Waals surface area (Å²) in [5.74, 6) is 1.29. The number of nitrogens with one attached hydrogen (secondary N) is 2. The Morgan fingerprint density at radius 1 is 1.04 bits per heavy atom. The van der Waals surface area contributed by atoms with E-state index < -0.39 is 0 Å². The topological polar surface area (TPSA) is 62.7 Å². The van der Waals surface area contributed by atoms with E-state index in [0.29, 0.717) is 17.5 Å². The molecule has 0 aliphatic carbocycles. The third-order valence-corrected chi connectivity index (χ3v) is 3.38. The molecule has 23 heavy (non-hydrogen) atoms. The van der Waals surface area contributed by atoms with Crippen LogP contribution in [-0.2, 0) is 6.54 Å². The molecular formula is C17H16ClN5. The van der Waals surface area contributed by atoms with Gasteiger partial charge in [0.15, 0.2) is 0 Å². The van der Waals surface area contributed by atoms with Gasteiger partial charge in [-0.2, -0.15) is 4.98 Å². The molecule has 0 fully saturated rings. The van der Waals surface area contributed by atoms with Crippen LogP contribution in [0.15, 0.2) is 54.7 Å². The summed E-state index contributed by atoms with van der Waals surface area (Å²) in [6.45, 7) is 2.51. The Morgan fingerprint density at radius 2 is 1.87 bits per heavy atom. The molecule has 2 N–H and O–H groups in total. The predicted molar refractivity (Wildman–Crippen MR) is 93.1 cm³/mol. The largest absolute Gasteiger partial charge is 0.349 e. The fourth-order valence-corrected chi connectivity index (χ4v) is 2.19. The van der Waals surface area contributed by atoms with Crippen molar-refractivity contribution in [3.8, 4) is 0 Å². The van der Waals surface area contributed by atoms with Gasteiger partial charge in [-0.3, -0.25) is 4.98 Å². The number of rotatable bonds is 5. The van der Waals surface area contributed by atoms with E-state index >= 15 is 0 Å². The van der Waals surface area contributed by atoms with E-state index in [1.165, 1.54) is 0 Å². The highest BCUT2D eigenvalue weighted by molar-refractivity contribution is 6.30. The van der Waals surface area contributed by atoms with E-state index in [4.69, 9.17) is 11.6 Å². The number of anilines is 3. The molecule has 3 rings (SSSR count). The molecule has 0 atom stereocenters. The van der Waals surface area contributed by atoms with Crippen LogP contribution in [0.4, 0.5) is 17.5 Å². The molecule has 0 saturated heterocycles. The molecule has 0 aliphatic rings. The molecule has 0 bridgehead atoms. The number of benzene rings is 1. The van der Waals surface area contributed by atoms with E-state index in [9.17, 15) is 0 Å². The van der Waals surface area contributed by atoms with Gasteiger partial charge < -0.3 is 10.6 Å². The zero-order chi connectivity index (χ0) is 16.1. The number of hydrogen-bond acceptors (Lipinski definition) is 5. The Bertz CT molecular complexity index is 775. The molecule has 0 unspecified atom stereocenters. The maximum atomic E-state index is 5.90. The normalized spacial score (nSPS) is 10.3. The monoisotopic (exact) mass is 325 g/mol. The van der Waals surface area contributed by atoms with Crippen molar-refractivity contribution in [3.05, 3.63) is 71.1 Å². The average molecular weight is 326 g/mol. The predicted octanol–water partition coefficient (Wildman–Crippen LogP) is 4.19. The van der Waals surface area contributed by atoms with Crippen molar-refractivity contribution in [2.75, 3.05) is 10.6 Å². The Kier molecular flexibility index (Phi) is 4.68. The van der Waals surface area contributed by atoms with Gasteiger partial charge >= 0.3 is 0 Å². The van der Waals surface area contributed by atoms with Crippen molar-refractivity contribution in [1.29, 1.82) is 0 Å². The van der Waals surface area contributed by atoms with Crippen molar-refractivity contribution in [2.24, 2.45) is 0 Å². The van der Waals surface area contributed by atoms with Gasteiger partial charge in [0, 0.05) is 28.7 Å². The van der Waals surface area contributed by atoms with Crippen molar-refractivity contribution in [2.45, 2.75) is 13.5 Å². The Labute approximate surface area is 139 Å². The van der Waals surface area contributed by atoms with Crippen molar-refractivity contribution in [3.63, 3.8) is 0 Å². The van der Waals surface area contributed by atoms with Gasteiger partial charge in [-0.25, -0.2) is 4.98 Å². The number of pyridine rings is 1. The summed E-state index contributed by atoms with van der Waals surface area (Å²) in [5.41, 5.74) is 2.73. The zero-order valence-electron chi connectivity index (χ0n) is 12.6. The summed E-state index contributed by atoms with van der Waals surface area (Å²) in [6, 6.07) is 15.2. The van der Waals surface area contributed by atoms with Crippen LogP contribution in [0.3, 0.4) is 0 Å². The van der Waals surface area contributed by atoms with E-state index in [2.05, 4.69) is 25.6 Å². The molecule has 0 saturated carbocycles. The molecule has 5 nitrogen and oxygen atoms in total.